The maximum absolute atomic E-state index is 5.51. The van der Waals surface area contributed by atoms with Crippen LogP contribution in [0.2, 0.25) is 0 Å². The van der Waals surface area contributed by atoms with Gasteiger partial charge < -0.3 is 10.3 Å². The van der Waals surface area contributed by atoms with Crippen molar-refractivity contribution in [3.05, 3.63) is 18.2 Å². The van der Waals surface area contributed by atoms with Gasteiger partial charge in [0.05, 0.1) is 12.0 Å². The molecule has 1 fully saturated rings. The maximum Gasteiger partial charge on any atom is 0.0950 e. The average Bonchev–Trinajstić information content (AvgIpc) is 2.75. The molecule has 0 spiro atoms. The molecular formula is C12H22N4. The van der Waals surface area contributed by atoms with Crippen LogP contribution in [0.3, 0.4) is 0 Å². The zero-order valence-electron chi connectivity index (χ0n) is 10.3. The lowest BCUT2D eigenvalue weighted by Gasteiger charge is -2.18. The van der Waals surface area contributed by atoms with Crippen molar-refractivity contribution in [2.75, 3.05) is 19.6 Å². The van der Waals surface area contributed by atoms with Crippen LogP contribution in [0.25, 0.3) is 0 Å². The van der Waals surface area contributed by atoms with E-state index in [0.29, 0.717) is 12.0 Å². The molecule has 90 valence electrons. The van der Waals surface area contributed by atoms with Gasteiger partial charge in [0.15, 0.2) is 0 Å². The second-order valence-corrected chi connectivity index (χ2v) is 5.52. The fourth-order valence-corrected chi connectivity index (χ4v) is 2.35. The van der Waals surface area contributed by atoms with Gasteiger partial charge in [-0.25, -0.2) is 4.98 Å². The molecule has 4 nitrogen and oxygen atoms in total. The first-order chi connectivity index (χ1) is 7.59. The van der Waals surface area contributed by atoms with Crippen LogP contribution < -0.4 is 5.73 Å². The molecule has 1 aromatic heterocycles. The SMILES string of the molecule is CC1(C)CCN(Cc2cn(CCN)cn2)C1. The van der Waals surface area contributed by atoms with Crippen molar-refractivity contribution in [2.45, 2.75) is 33.4 Å². The van der Waals surface area contributed by atoms with E-state index in [4.69, 9.17) is 5.73 Å². The Kier molecular flexibility index (Phi) is 3.30. The first-order valence-corrected chi connectivity index (χ1v) is 6.02. The highest BCUT2D eigenvalue weighted by molar-refractivity contribution is 4.98. The fourth-order valence-electron chi connectivity index (χ4n) is 2.35. The molecule has 0 amide bonds. The molecule has 0 radical (unpaired) electrons. The Balaban J connectivity index is 1.89. The number of hydrogen-bond donors (Lipinski definition) is 1. The lowest BCUT2D eigenvalue weighted by atomic mass is 9.93. The van der Waals surface area contributed by atoms with Gasteiger partial charge in [-0.1, -0.05) is 13.8 Å². The Hall–Kier alpha value is -0.870. The summed E-state index contributed by atoms with van der Waals surface area (Å²) in [7, 11) is 0. The number of nitrogens with two attached hydrogens (primary N) is 1. The zero-order valence-corrected chi connectivity index (χ0v) is 10.3. The van der Waals surface area contributed by atoms with Crippen LogP contribution in [0.5, 0.6) is 0 Å². The molecule has 1 saturated heterocycles. The summed E-state index contributed by atoms with van der Waals surface area (Å²) in [5.41, 5.74) is 7.14. The lowest BCUT2D eigenvalue weighted by molar-refractivity contribution is 0.282. The van der Waals surface area contributed by atoms with E-state index >= 15 is 0 Å². The van der Waals surface area contributed by atoms with Crippen molar-refractivity contribution in [1.29, 1.82) is 0 Å². The van der Waals surface area contributed by atoms with Crippen LogP contribution in [0, 0.1) is 5.41 Å². The second-order valence-electron chi connectivity index (χ2n) is 5.52. The van der Waals surface area contributed by atoms with E-state index in [1.54, 1.807) is 0 Å². The Morgan fingerprint density at radius 3 is 2.94 bits per heavy atom. The summed E-state index contributed by atoms with van der Waals surface area (Å²) in [6.45, 7) is 9.54. The van der Waals surface area contributed by atoms with Crippen molar-refractivity contribution >= 4 is 0 Å². The molecule has 0 unspecified atom stereocenters. The molecule has 1 aliphatic heterocycles. The molecule has 1 aromatic rings. The predicted molar refractivity (Wildman–Crippen MR) is 65.0 cm³/mol. The van der Waals surface area contributed by atoms with Gasteiger partial charge in [-0.2, -0.15) is 0 Å². The third-order valence-corrected chi connectivity index (χ3v) is 3.22. The van der Waals surface area contributed by atoms with E-state index in [9.17, 15) is 0 Å². The monoisotopic (exact) mass is 222 g/mol. The van der Waals surface area contributed by atoms with Gasteiger partial charge in [0.25, 0.3) is 0 Å². The normalized spacial score (nSPS) is 20.4. The van der Waals surface area contributed by atoms with E-state index in [0.717, 1.165) is 18.8 Å². The summed E-state index contributed by atoms with van der Waals surface area (Å²) in [4.78, 5) is 6.89. The van der Waals surface area contributed by atoms with Gasteiger partial charge in [-0.15, -0.1) is 0 Å². The standard InChI is InChI=1S/C12H22N4/c1-12(2)3-5-15(9-12)7-11-8-16(6-4-13)10-14-11/h8,10H,3-7,9,13H2,1-2H3. The number of imidazole rings is 1. The van der Waals surface area contributed by atoms with E-state index in [1.807, 2.05) is 6.33 Å². The third-order valence-electron chi connectivity index (χ3n) is 3.22. The molecule has 0 aliphatic carbocycles. The fraction of sp³-hybridized carbons (Fsp3) is 0.750. The number of hydrogen-bond acceptors (Lipinski definition) is 3. The molecule has 16 heavy (non-hydrogen) atoms. The number of nitrogens with zero attached hydrogens (tertiary/aromatic N) is 3. The minimum atomic E-state index is 0.472. The van der Waals surface area contributed by atoms with Crippen LogP contribution in [-0.4, -0.2) is 34.1 Å². The van der Waals surface area contributed by atoms with Crippen molar-refractivity contribution in [3.8, 4) is 0 Å². The molecule has 0 atom stereocenters. The first kappa shape index (κ1) is 11.6. The topological polar surface area (TPSA) is 47.1 Å². The summed E-state index contributed by atoms with van der Waals surface area (Å²) in [5, 5.41) is 0. The largest absolute Gasteiger partial charge is 0.336 e. The number of likely N-dealkylation sites (tertiary alicyclic amines) is 1. The lowest BCUT2D eigenvalue weighted by Crippen LogP contribution is -2.23. The van der Waals surface area contributed by atoms with E-state index in [-0.39, 0.29) is 0 Å². The van der Waals surface area contributed by atoms with Crippen molar-refractivity contribution in [2.24, 2.45) is 11.1 Å². The van der Waals surface area contributed by atoms with Crippen molar-refractivity contribution < 1.29 is 0 Å². The summed E-state index contributed by atoms with van der Waals surface area (Å²) in [5.74, 6) is 0. The highest BCUT2D eigenvalue weighted by Gasteiger charge is 2.29. The number of aromatic nitrogens is 2. The number of rotatable bonds is 4. The van der Waals surface area contributed by atoms with Crippen LogP contribution in [0.4, 0.5) is 0 Å². The van der Waals surface area contributed by atoms with Gasteiger partial charge in [0.1, 0.15) is 0 Å². The average molecular weight is 222 g/mol. The van der Waals surface area contributed by atoms with Gasteiger partial charge in [-0.05, 0) is 18.4 Å². The molecule has 0 bridgehead atoms. The minimum absolute atomic E-state index is 0.472. The van der Waals surface area contributed by atoms with Crippen LogP contribution in [0.15, 0.2) is 12.5 Å². The molecule has 1 aliphatic rings. The molecule has 2 N–H and O–H groups in total. The van der Waals surface area contributed by atoms with E-state index < -0.39 is 0 Å². The summed E-state index contributed by atoms with van der Waals surface area (Å²) in [6.07, 6.45) is 5.28. The summed E-state index contributed by atoms with van der Waals surface area (Å²) in [6, 6.07) is 0. The summed E-state index contributed by atoms with van der Waals surface area (Å²) >= 11 is 0. The van der Waals surface area contributed by atoms with Gasteiger partial charge in [0, 0.05) is 32.4 Å². The van der Waals surface area contributed by atoms with Crippen LogP contribution >= 0.6 is 0 Å². The van der Waals surface area contributed by atoms with Gasteiger partial charge in [-0.3, -0.25) is 4.90 Å². The maximum atomic E-state index is 5.51. The Morgan fingerprint density at radius 1 is 1.50 bits per heavy atom. The smallest absolute Gasteiger partial charge is 0.0950 e. The predicted octanol–water partition coefficient (Wildman–Crippen LogP) is 1.07. The minimum Gasteiger partial charge on any atom is -0.336 e. The molecule has 0 saturated carbocycles. The molecule has 0 aromatic carbocycles. The first-order valence-electron chi connectivity index (χ1n) is 6.02. The van der Waals surface area contributed by atoms with E-state index in [1.165, 1.54) is 19.5 Å². The molecule has 2 heterocycles. The van der Waals surface area contributed by atoms with Crippen LogP contribution in [-0.2, 0) is 13.1 Å². The Bertz CT molecular complexity index is 343. The van der Waals surface area contributed by atoms with Gasteiger partial charge >= 0.3 is 0 Å². The van der Waals surface area contributed by atoms with Crippen molar-refractivity contribution in [3.63, 3.8) is 0 Å². The zero-order chi connectivity index (χ0) is 11.6. The summed E-state index contributed by atoms with van der Waals surface area (Å²) < 4.78 is 2.07. The second kappa shape index (κ2) is 4.55. The van der Waals surface area contributed by atoms with Crippen LogP contribution in [0.1, 0.15) is 26.0 Å². The molecule has 2 rings (SSSR count). The molecular weight excluding hydrogens is 200 g/mol. The molecule has 4 heteroatoms. The van der Waals surface area contributed by atoms with Crippen molar-refractivity contribution in [1.82, 2.24) is 14.5 Å². The quantitative estimate of drug-likeness (QED) is 0.829. The Labute approximate surface area is 97.4 Å². The third kappa shape index (κ3) is 2.83. The highest BCUT2D eigenvalue weighted by Crippen LogP contribution is 2.29. The van der Waals surface area contributed by atoms with Gasteiger partial charge in [0.2, 0.25) is 0 Å². The van der Waals surface area contributed by atoms with E-state index in [2.05, 4.69) is 34.5 Å². The Morgan fingerprint density at radius 2 is 2.31 bits per heavy atom. The highest BCUT2D eigenvalue weighted by atomic mass is 15.2.